The lowest BCUT2D eigenvalue weighted by Crippen LogP contribution is -2.51. The molecule has 0 aliphatic carbocycles. The Hall–Kier alpha value is -3.38. The van der Waals surface area contributed by atoms with Gasteiger partial charge in [0.25, 0.3) is 5.91 Å². The lowest BCUT2D eigenvalue weighted by Gasteiger charge is -2.31. The maximum absolute atomic E-state index is 14.0. The molecule has 0 heterocycles. The number of nitrogens with zero attached hydrogens (tertiary/aromatic N) is 1. The van der Waals surface area contributed by atoms with E-state index in [1.54, 1.807) is 24.3 Å². The Morgan fingerprint density at radius 1 is 1.00 bits per heavy atom. The van der Waals surface area contributed by atoms with E-state index in [1.165, 1.54) is 17.0 Å². The number of rotatable bonds is 11. The third kappa shape index (κ3) is 7.06. The lowest BCUT2D eigenvalue weighted by atomic mass is 10.0. The zero-order valence-electron chi connectivity index (χ0n) is 19.0. The van der Waals surface area contributed by atoms with Gasteiger partial charge in [-0.1, -0.05) is 79.2 Å². The molecule has 3 aromatic rings. The van der Waals surface area contributed by atoms with Crippen LogP contribution in [-0.4, -0.2) is 35.9 Å². The van der Waals surface area contributed by atoms with Crippen molar-refractivity contribution in [3.63, 3.8) is 0 Å². The van der Waals surface area contributed by atoms with Crippen molar-refractivity contribution < 1.29 is 18.7 Å². The number of para-hydroxylation sites is 1. The highest BCUT2D eigenvalue weighted by atomic mass is 35.5. The summed E-state index contributed by atoms with van der Waals surface area (Å²) in [5.41, 5.74) is 1.61. The fourth-order valence-electron chi connectivity index (χ4n) is 3.51. The van der Waals surface area contributed by atoms with Crippen LogP contribution in [0, 0.1) is 5.82 Å². The molecule has 0 aliphatic rings. The standard InChI is InChI=1S/C27H28ClFN2O3/c1-2-16-30-27(33)24(17-20-10-4-3-5-11-20)31(18-21-12-6-7-13-22(21)28)26(32)19-34-25-15-9-8-14-23(25)29/h3-15,24H,2,16-19H2,1H3,(H,30,33)/t24-/m0/s1. The number of hydrogen-bond acceptors (Lipinski definition) is 3. The molecule has 34 heavy (non-hydrogen) atoms. The summed E-state index contributed by atoms with van der Waals surface area (Å²) in [6.07, 6.45) is 1.07. The molecule has 1 atom stereocenters. The van der Waals surface area contributed by atoms with Gasteiger partial charge in [0.2, 0.25) is 5.91 Å². The van der Waals surface area contributed by atoms with Crippen LogP contribution >= 0.6 is 11.6 Å². The minimum Gasteiger partial charge on any atom is -0.481 e. The quantitative estimate of drug-likeness (QED) is 0.417. The molecular weight excluding hydrogens is 455 g/mol. The number of amides is 2. The van der Waals surface area contributed by atoms with E-state index in [1.807, 2.05) is 49.4 Å². The zero-order chi connectivity index (χ0) is 24.3. The van der Waals surface area contributed by atoms with Crippen LogP contribution in [-0.2, 0) is 22.6 Å². The first kappa shape index (κ1) is 25.2. The van der Waals surface area contributed by atoms with E-state index in [2.05, 4.69) is 5.32 Å². The summed E-state index contributed by atoms with van der Waals surface area (Å²) in [6.45, 7) is 2.14. The van der Waals surface area contributed by atoms with Crippen molar-refractivity contribution in [2.24, 2.45) is 0 Å². The van der Waals surface area contributed by atoms with E-state index in [0.717, 1.165) is 12.0 Å². The van der Waals surface area contributed by atoms with Crippen molar-refractivity contribution in [2.45, 2.75) is 32.4 Å². The topological polar surface area (TPSA) is 58.6 Å². The number of benzene rings is 3. The number of ether oxygens (including phenoxy) is 1. The first-order valence-electron chi connectivity index (χ1n) is 11.2. The zero-order valence-corrected chi connectivity index (χ0v) is 19.8. The highest BCUT2D eigenvalue weighted by molar-refractivity contribution is 6.31. The minimum absolute atomic E-state index is 0.0245. The van der Waals surface area contributed by atoms with Gasteiger partial charge in [0.05, 0.1) is 0 Å². The van der Waals surface area contributed by atoms with Crippen molar-refractivity contribution in [3.05, 3.63) is 101 Å². The average Bonchev–Trinajstić information content (AvgIpc) is 2.85. The Balaban J connectivity index is 1.91. The van der Waals surface area contributed by atoms with E-state index in [4.69, 9.17) is 16.3 Å². The first-order valence-corrected chi connectivity index (χ1v) is 11.6. The lowest BCUT2D eigenvalue weighted by molar-refractivity contribution is -0.142. The van der Waals surface area contributed by atoms with E-state index in [0.29, 0.717) is 23.6 Å². The van der Waals surface area contributed by atoms with Gasteiger partial charge in [-0.3, -0.25) is 9.59 Å². The minimum atomic E-state index is -0.804. The van der Waals surface area contributed by atoms with Crippen LogP contribution in [0.1, 0.15) is 24.5 Å². The van der Waals surface area contributed by atoms with Crippen LogP contribution in [0.3, 0.4) is 0 Å². The summed E-state index contributed by atoms with van der Waals surface area (Å²) < 4.78 is 19.5. The van der Waals surface area contributed by atoms with Gasteiger partial charge in [0.15, 0.2) is 18.2 Å². The van der Waals surface area contributed by atoms with E-state index < -0.39 is 24.4 Å². The van der Waals surface area contributed by atoms with Crippen molar-refractivity contribution in [2.75, 3.05) is 13.2 Å². The monoisotopic (exact) mass is 482 g/mol. The fraction of sp³-hybridized carbons (Fsp3) is 0.259. The Bertz CT molecular complexity index is 1090. The number of nitrogens with one attached hydrogen (secondary N) is 1. The Morgan fingerprint density at radius 2 is 1.68 bits per heavy atom. The average molecular weight is 483 g/mol. The highest BCUT2D eigenvalue weighted by Gasteiger charge is 2.31. The molecule has 7 heteroatoms. The van der Waals surface area contributed by atoms with Crippen molar-refractivity contribution in [3.8, 4) is 5.75 Å². The van der Waals surface area contributed by atoms with Crippen LogP contribution in [0.25, 0.3) is 0 Å². The molecule has 0 bridgehead atoms. The normalized spacial score (nSPS) is 11.5. The summed E-state index contributed by atoms with van der Waals surface area (Å²) >= 11 is 6.38. The maximum Gasteiger partial charge on any atom is 0.261 e. The molecule has 0 saturated heterocycles. The Kier molecular flexibility index (Phi) is 9.47. The number of hydrogen-bond donors (Lipinski definition) is 1. The Labute approximate surface area is 204 Å². The summed E-state index contributed by atoms with van der Waals surface area (Å²) in [7, 11) is 0. The molecule has 0 fully saturated rings. The smallest absolute Gasteiger partial charge is 0.261 e. The van der Waals surface area contributed by atoms with Crippen LogP contribution in [0.2, 0.25) is 5.02 Å². The summed E-state index contributed by atoms with van der Waals surface area (Å²) in [5.74, 6) is -1.30. The van der Waals surface area contributed by atoms with Gasteiger partial charge in [-0.2, -0.15) is 0 Å². The molecule has 3 rings (SSSR count). The second-order valence-electron chi connectivity index (χ2n) is 7.83. The van der Waals surface area contributed by atoms with Crippen molar-refractivity contribution >= 4 is 23.4 Å². The molecule has 1 N–H and O–H groups in total. The Morgan fingerprint density at radius 3 is 2.38 bits per heavy atom. The van der Waals surface area contributed by atoms with E-state index >= 15 is 0 Å². The highest BCUT2D eigenvalue weighted by Crippen LogP contribution is 2.21. The fourth-order valence-corrected chi connectivity index (χ4v) is 3.71. The molecular formula is C27H28ClFN2O3. The molecule has 0 aliphatic heterocycles. The summed E-state index contributed by atoms with van der Waals surface area (Å²) in [6, 6.07) is 21.7. The molecule has 3 aromatic carbocycles. The van der Waals surface area contributed by atoms with Crippen molar-refractivity contribution in [1.82, 2.24) is 10.2 Å². The van der Waals surface area contributed by atoms with Crippen molar-refractivity contribution in [1.29, 1.82) is 0 Å². The first-order chi connectivity index (χ1) is 16.5. The van der Waals surface area contributed by atoms with Gasteiger partial charge < -0.3 is 15.0 Å². The third-order valence-corrected chi connectivity index (χ3v) is 5.68. The van der Waals surface area contributed by atoms with Crippen LogP contribution in [0.15, 0.2) is 78.9 Å². The van der Waals surface area contributed by atoms with Gasteiger partial charge in [0, 0.05) is 24.5 Å². The van der Waals surface area contributed by atoms with E-state index in [-0.39, 0.29) is 18.2 Å². The second kappa shape index (κ2) is 12.8. The number of carbonyl (C=O) groups excluding carboxylic acids is 2. The number of halogens is 2. The van der Waals surface area contributed by atoms with Gasteiger partial charge in [-0.25, -0.2) is 4.39 Å². The molecule has 178 valence electrons. The predicted molar refractivity (Wildman–Crippen MR) is 131 cm³/mol. The van der Waals surface area contributed by atoms with Gasteiger partial charge in [0.1, 0.15) is 6.04 Å². The molecule has 0 aromatic heterocycles. The molecule has 0 unspecified atom stereocenters. The maximum atomic E-state index is 14.0. The second-order valence-corrected chi connectivity index (χ2v) is 8.24. The molecule has 0 radical (unpaired) electrons. The SMILES string of the molecule is CCCNC(=O)[C@H](Cc1ccccc1)N(Cc1ccccc1Cl)C(=O)COc1ccccc1F. The van der Waals surface area contributed by atoms with Gasteiger partial charge >= 0.3 is 0 Å². The molecule has 2 amide bonds. The van der Waals surface area contributed by atoms with Gasteiger partial charge in [-0.05, 0) is 35.7 Å². The van der Waals surface area contributed by atoms with E-state index in [9.17, 15) is 14.0 Å². The molecule has 0 saturated carbocycles. The summed E-state index contributed by atoms with van der Waals surface area (Å²) in [5, 5.41) is 3.39. The van der Waals surface area contributed by atoms with Crippen LogP contribution < -0.4 is 10.1 Å². The van der Waals surface area contributed by atoms with Gasteiger partial charge in [-0.15, -0.1) is 0 Å². The van der Waals surface area contributed by atoms with Crippen LogP contribution in [0.5, 0.6) is 5.75 Å². The summed E-state index contributed by atoms with van der Waals surface area (Å²) in [4.78, 5) is 28.1. The third-order valence-electron chi connectivity index (χ3n) is 5.31. The van der Waals surface area contributed by atoms with Crippen LogP contribution in [0.4, 0.5) is 4.39 Å². The predicted octanol–water partition coefficient (Wildman–Crippen LogP) is 5.02. The largest absolute Gasteiger partial charge is 0.481 e. The molecule has 5 nitrogen and oxygen atoms in total. The number of carbonyl (C=O) groups is 2. The molecule has 0 spiro atoms.